The van der Waals surface area contributed by atoms with Crippen LogP contribution in [0.4, 0.5) is 4.79 Å². The van der Waals surface area contributed by atoms with Crippen molar-refractivity contribution in [2.45, 2.75) is 58.4 Å². The molecular formula is C23H29N3O4. The number of amides is 2. The lowest BCUT2D eigenvalue weighted by Gasteiger charge is -2.28. The van der Waals surface area contributed by atoms with Crippen LogP contribution in [-0.4, -0.2) is 40.1 Å². The minimum Gasteiger partial charge on any atom is -0.487 e. The zero-order chi connectivity index (χ0) is 21.6. The van der Waals surface area contributed by atoms with Gasteiger partial charge in [0, 0.05) is 19.3 Å². The molecule has 1 aliphatic rings. The highest BCUT2D eigenvalue weighted by atomic mass is 16.6. The van der Waals surface area contributed by atoms with E-state index in [2.05, 4.69) is 10.3 Å². The molecule has 1 fully saturated rings. The molecule has 0 radical (unpaired) electrons. The van der Waals surface area contributed by atoms with Crippen LogP contribution in [0.1, 0.15) is 44.9 Å². The highest BCUT2D eigenvalue weighted by Gasteiger charge is 2.36. The fraction of sp³-hybridized carbons (Fsp3) is 0.435. The van der Waals surface area contributed by atoms with E-state index in [0.29, 0.717) is 31.9 Å². The summed E-state index contributed by atoms with van der Waals surface area (Å²) < 4.78 is 11.2. The van der Waals surface area contributed by atoms with Crippen LogP contribution in [-0.2, 0) is 22.7 Å². The lowest BCUT2D eigenvalue weighted by Crippen LogP contribution is -2.47. The Labute approximate surface area is 177 Å². The molecule has 30 heavy (non-hydrogen) atoms. The number of benzene rings is 1. The summed E-state index contributed by atoms with van der Waals surface area (Å²) in [4.78, 5) is 30.8. The molecule has 160 valence electrons. The number of pyridine rings is 1. The highest BCUT2D eigenvalue weighted by molar-refractivity contribution is 5.86. The third-order valence-electron chi connectivity index (χ3n) is 4.66. The highest BCUT2D eigenvalue weighted by Crippen LogP contribution is 2.21. The van der Waals surface area contributed by atoms with E-state index in [9.17, 15) is 9.59 Å². The number of carbonyl (C=O) groups is 2. The van der Waals surface area contributed by atoms with Gasteiger partial charge in [-0.1, -0.05) is 18.2 Å². The van der Waals surface area contributed by atoms with Gasteiger partial charge in [-0.15, -0.1) is 0 Å². The monoisotopic (exact) mass is 411 g/mol. The average molecular weight is 412 g/mol. The standard InChI is InChI=1S/C23H29N3O4/c1-23(2,3)30-22(28)26-13-7-11-20(26)21(27)25-15-17-8-6-10-19(14-17)29-16-18-9-4-5-12-24-18/h4-6,8-10,12,14,20H,7,11,13,15-16H2,1-3H3,(H,25,27)/t20-/m0/s1. The number of rotatable bonds is 6. The lowest BCUT2D eigenvalue weighted by molar-refractivity contribution is -0.125. The molecule has 1 aromatic carbocycles. The van der Waals surface area contributed by atoms with Crippen LogP contribution in [0.2, 0.25) is 0 Å². The van der Waals surface area contributed by atoms with Crippen LogP contribution < -0.4 is 10.1 Å². The molecule has 1 atom stereocenters. The second-order valence-electron chi connectivity index (χ2n) is 8.31. The van der Waals surface area contributed by atoms with Gasteiger partial charge in [0.15, 0.2) is 0 Å². The van der Waals surface area contributed by atoms with Crippen LogP contribution in [0, 0.1) is 0 Å². The van der Waals surface area contributed by atoms with Gasteiger partial charge in [0.25, 0.3) is 0 Å². The number of nitrogens with zero attached hydrogens (tertiary/aromatic N) is 2. The first-order valence-electron chi connectivity index (χ1n) is 10.2. The maximum atomic E-state index is 12.7. The predicted molar refractivity (Wildman–Crippen MR) is 113 cm³/mol. The summed E-state index contributed by atoms with van der Waals surface area (Å²) in [7, 11) is 0. The number of likely N-dealkylation sites (tertiary alicyclic amines) is 1. The van der Waals surface area contributed by atoms with E-state index in [4.69, 9.17) is 9.47 Å². The van der Waals surface area contributed by atoms with E-state index >= 15 is 0 Å². The van der Waals surface area contributed by atoms with E-state index in [0.717, 1.165) is 17.7 Å². The molecule has 2 aromatic rings. The third kappa shape index (κ3) is 6.20. The molecule has 1 aliphatic heterocycles. The second kappa shape index (κ2) is 9.61. The fourth-order valence-electron chi connectivity index (χ4n) is 3.27. The summed E-state index contributed by atoms with van der Waals surface area (Å²) in [6.07, 6.45) is 2.71. The van der Waals surface area contributed by atoms with Gasteiger partial charge in [-0.2, -0.15) is 0 Å². The maximum Gasteiger partial charge on any atom is 0.410 e. The van der Waals surface area contributed by atoms with Crippen LogP contribution in [0.25, 0.3) is 0 Å². The van der Waals surface area contributed by atoms with Gasteiger partial charge in [0.1, 0.15) is 24.0 Å². The first-order chi connectivity index (χ1) is 14.3. The van der Waals surface area contributed by atoms with Crippen molar-refractivity contribution in [1.29, 1.82) is 0 Å². The lowest BCUT2D eigenvalue weighted by atomic mass is 10.1. The Kier molecular flexibility index (Phi) is 6.92. The van der Waals surface area contributed by atoms with Gasteiger partial charge < -0.3 is 14.8 Å². The van der Waals surface area contributed by atoms with E-state index < -0.39 is 17.7 Å². The van der Waals surface area contributed by atoms with Crippen molar-refractivity contribution in [2.24, 2.45) is 0 Å². The van der Waals surface area contributed by atoms with Crippen molar-refractivity contribution < 1.29 is 19.1 Å². The Bertz CT molecular complexity index is 864. The summed E-state index contributed by atoms with van der Waals surface area (Å²) in [6.45, 7) is 6.72. The maximum absolute atomic E-state index is 12.7. The molecule has 0 unspecified atom stereocenters. The van der Waals surface area contributed by atoms with Gasteiger partial charge in [0.05, 0.1) is 5.69 Å². The quantitative estimate of drug-likeness (QED) is 0.784. The van der Waals surface area contributed by atoms with Gasteiger partial charge in [-0.05, 0) is 63.4 Å². The Hall–Kier alpha value is -3.09. The van der Waals surface area contributed by atoms with E-state index in [1.807, 2.05) is 63.2 Å². The van der Waals surface area contributed by atoms with Crippen molar-refractivity contribution in [2.75, 3.05) is 6.54 Å². The van der Waals surface area contributed by atoms with Crippen molar-refractivity contribution in [3.8, 4) is 5.75 Å². The third-order valence-corrected chi connectivity index (χ3v) is 4.66. The first-order valence-corrected chi connectivity index (χ1v) is 10.2. The van der Waals surface area contributed by atoms with Gasteiger partial charge in [-0.25, -0.2) is 4.79 Å². The first kappa shape index (κ1) is 21.6. The summed E-state index contributed by atoms with van der Waals surface area (Å²) >= 11 is 0. The van der Waals surface area contributed by atoms with Gasteiger partial charge in [-0.3, -0.25) is 14.7 Å². The molecule has 2 heterocycles. The van der Waals surface area contributed by atoms with Crippen molar-refractivity contribution in [1.82, 2.24) is 15.2 Å². The van der Waals surface area contributed by atoms with Crippen molar-refractivity contribution in [3.63, 3.8) is 0 Å². The minimum absolute atomic E-state index is 0.168. The Morgan fingerprint density at radius 2 is 2.03 bits per heavy atom. The molecular weight excluding hydrogens is 382 g/mol. The summed E-state index contributed by atoms with van der Waals surface area (Å²) in [5.41, 5.74) is 1.18. The largest absolute Gasteiger partial charge is 0.487 e. The number of nitrogens with one attached hydrogen (secondary N) is 1. The molecule has 7 nitrogen and oxygen atoms in total. The topological polar surface area (TPSA) is 80.8 Å². The number of hydrogen-bond acceptors (Lipinski definition) is 5. The Morgan fingerprint density at radius 1 is 1.20 bits per heavy atom. The number of carbonyl (C=O) groups excluding carboxylic acids is 2. The van der Waals surface area contributed by atoms with E-state index in [1.54, 1.807) is 6.20 Å². The molecule has 3 rings (SSSR count). The van der Waals surface area contributed by atoms with E-state index in [-0.39, 0.29) is 5.91 Å². The molecule has 0 aliphatic carbocycles. The smallest absolute Gasteiger partial charge is 0.410 e. The molecule has 0 spiro atoms. The molecule has 2 amide bonds. The zero-order valence-corrected chi connectivity index (χ0v) is 17.8. The molecule has 7 heteroatoms. The Balaban J connectivity index is 1.53. The fourth-order valence-corrected chi connectivity index (χ4v) is 3.27. The molecule has 1 saturated heterocycles. The van der Waals surface area contributed by atoms with Crippen LogP contribution >= 0.6 is 0 Å². The van der Waals surface area contributed by atoms with Crippen molar-refractivity contribution in [3.05, 3.63) is 59.9 Å². The molecule has 1 aromatic heterocycles. The summed E-state index contributed by atoms with van der Waals surface area (Å²) in [6, 6.07) is 12.8. The number of hydrogen-bond donors (Lipinski definition) is 1. The van der Waals surface area contributed by atoms with Crippen LogP contribution in [0.3, 0.4) is 0 Å². The molecule has 0 bridgehead atoms. The molecule has 0 saturated carbocycles. The van der Waals surface area contributed by atoms with Crippen LogP contribution in [0.15, 0.2) is 48.7 Å². The van der Waals surface area contributed by atoms with Gasteiger partial charge >= 0.3 is 6.09 Å². The number of ether oxygens (including phenoxy) is 2. The summed E-state index contributed by atoms with van der Waals surface area (Å²) in [5.74, 6) is 0.543. The average Bonchev–Trinajstić information content (AvgIpc) is 3.21. The predicted octanol–water partition coefficient (Wildman–Crippen LogP) is 3.68. The summed E-state index contributed by atoms with van der Waals surface area (Å²) in [5, 5.41) is 2.93. The van der Waals surface area contributed by atoms with Gasteiger partial charge in [0.2, 0.25) is 5.91 Å². The normalized spacial score (nSPS) is 16.2. The Morgan fingerprint density at radius 3 is 2.77 bits per heavy atom. The molecule has 1 N–H and O–H groups in total. The number of aromatic nitrogens is 1. The van der Waals surface area contributed by atoms with Crippen molar-refractivity contribution >= 4 is 12.0 Å². The zero-order valence-electron chi connectivity index (χ0n) is 17.8. The second-order valence-corrected chi connectivity index (χ2v) is 8.31. The minimum atomic E-state index is -0.587. The SMILES string of the molecule is CC(C)(C)OC(=O)N1CCC[C@H]1C(=O)NCc1cccc(OCc2ccccn2)c1. The van der Waals surface area contributed by atoms with E-state index in [1.165, 1.54) is 4.90 Å². The van der Waals surface area contributed by atoms with Crippen LogP contribution in [0.5, 0.6) is 5.75 Å².